The third-order valence-electron chi connectivity index (χ3n) is 2.56. The van der Waals surface area contributed by atoms with Crippen molar-refractivity contribution in [3.8, 4) is 0 Å². The molecule has 0 aliphatic heterocycles. The van der Waals surface area contributed by atoms with Crippen LogP contribution in [-0.2, 0) is 4.79 Å². The monoisotopic (exact) mass is 286 g/mol. The number of halogens is 1. The van der Waals surface area contributed by atoms with E-state index in [1.54, 1.807) is 6.07 Å². The van der Waals surface area contributed by atoms with Gasteiger partial charge in [-0.3, -0.25) is 4.79 Å². The molecule has 0 aliphatic carbocycles. The van der Waals surface area contributed by atoms with Gasteiger partial charge in [-0.25, -0.2) is 14.2 Å². The number of hydrogen-bond donors (Lipinski definition) is 2. The van der Waals surface area contributed by atoms with Gasteiger partial charge in [0.25, 0.3) is 0 Å². The van der Waals surface area contributed by atoms with Gasteiger partial charge in [-0.05, 0) is 35.9 Å². The normalized spacial score (nSPS) is 10.5. The van der Waals surface area contributed by atoms with Gasteiger partial charge in [-0.2, -0.15) is 0 Å². The summed E-state index contributed by atoms with van der Waals surface area (Å²) >= 11 is 0. The number of nitrogens with one attached hydrogen (secondary N) is 1. The van der Waals surface area contributed by atoms with Gasteiger partial charge in [0, 0.05) is 12.3 Å². The molecule has 0 radical (unpaired) electrons. The lowest BCUT2D eigenvalue weighted by Crippen LogP contribution is -2.13. The van der Waals surface area contributed by atoms with E-state index in [1.807, 2.05) is 0 Å². The molecule has 0 bridgehead atoms. The van der Waals surface area contributed by atoms with Crippen molar-refractivity contribution in [2.24, 2.45) is 0 Å². The van der Waals surface area contributed by atoms with Crippen LogP contribution in [0.3, 0.4) is 0 Å². The molecule has 0 saturated heterocycles. The highest BCUT2D eigenvalue weighted by atomic mass is 19.1. The molecule has 2 rings (SSSR count). The van der Waals surface area contributed by atoms with Crippen LogP contribution in [0.4, 0.5) is 10.2 Å². The van der Waals surface area contributed by atoms with Crippen molar-refractivity contribution < 1.29 is 19.1 Å². The first-order valence-corrected chi connectivity index (χ1v) is 5.99. The van der Waals surface area contributed by atoms with Crippen LogP contribution >= 0.6 is 0 Å². The zero-order valence-electron chi connectivity index (χ0n) is 10.8. The molecule has 0 aliphatic rings. The Balaban J connectivity index is 2.10. The van der Waals surface area contributed by atoms with Crippen molar-refractivity contribution in [3.05, 3.63) is 65.6 Å². The average Bonchev–Trinajstić information content (AvgIpc) is 2.45. The number of pyridine rings is 1. The van der Waals surface area contributed by atoms with Gasteiger partial charge < -0.3 is 10.4 Å². The number of carboxylic acid groups (broad SMARTS) is 1. The lowest BCUT2D eigenvalue weighted by atomic mass is 10.2. The SMILES string of the molecule is O=C(C=Cc1cccc(F)c1)Nc1ncccc1C(=O)O. The fourth-order valence-electron chi connectivity index (χ4n) is 1.62. The molecule has 1 aromatic carbocycles. The van der Waals surface area contributed by atoms with Crippen LogP contribution in [0.25, 0.3) is 6.08 Å². The Labute approximate surface area is 119 Å². The first kappa shape index (κ1) is 14.4. The third kappa shape index (κ3) is 3.97. The fourth-order valence-corrected chi connectivity index (χ4v) is 1.62. The van der Waals surface area contributed by atoms with E-state index < -0.39 is 17.7 Å². The van der Waals surface area contributed by atoms with E-state index in [1.165, 1.54) is 48.7 Å². The smallest absolute Gasteiger partial charge is 0.339 e. The summed E-state index contributed by atoms with van der Waals surface area (Å²) in [6.07, 6.45) is 3.97. The number of carboxylic acids is 1. The molecule has 1 aromatic heterocycles. The largest absolute Gasteiger partial charge is 0.478 e. The molecule has 2 N–H and O–H groups in total. The van der Waals surface area contributed by atoms with Crippen molar-refractivity contribution in [3.63, 3.8) is 0 Å². The molecule has 2 aromatic rings. The Hall–Kier alpha value is -3.02. The Morgan fingerprint density at radius 2 is 2.05 bits per heavy atom. The van der Waals surface area contributed by atoms with E-state index in [0.29, 0.717) is 5.56 Å². The van der Waals surface area contributed by atoms with E-state index in [9.17, 15) is 14.0 Å². The summed E-state index contributed by atoms with van der Waals surface area (Å²) in [4.78, 5) is 26.5. The summed E-state index contributed by atoms with van der Waals surface area (Å²) in [6, 6.07) is 8.52. The molecule has 21 heavy (non-hydrogen) atoms. The van der Waals surface area contributed by atoms with Crippen LogP contribution in [0, 0.1) is 5.82 Å². The molecule has 0 unspecified atom stereocenters. The molecule has 0 saturated carbocycles. The van der Waals surface area contributed by atoms with Crippen LogP contribution in [0.5, 0.6) is 0 Å². The highest BCUT2D eigenvalue weighted by Gasteiger charge is 2.11. The van der Waals surface area contributed by atoms with E-state index in [-0.39, 0.29) is 11.4 Å². The van der Waals surface area contributed by atoms with E-state index in [4.69, 9.17) is 5.11 Å². The van der Waals surface area contributed by atoms with Gasteiger partial charge in [-0.1, -0.05) is 12.1 Å². The minimum Gasteiger partial charge on any atom is -0.478 e. The maximum Gasteiger partial charge on any atom is 0.339 e. The minimum atomic E-state index is -1.19. The topological polar surface area (TPSA) is 79.3 Å². The molecule has 0 fully saturated rings. The van der Waals surface area contributed by atoms with Crippen molar-refractivity contribution in [1.29, 1.82) is 0 Å². The zero-order chi connectivity index (χ0) is 15.2. The highest BCUT2D eigenvalue weighted by Crippen LogP contribution is 2.11. The maximum atomic E-state index is 13.0. The van der Waals surface area contributed by atoms with E-state index in [2.05, 4.69) is 10.3 Å². The second-order valence-corrected chi connectivity index (χ2v) is 4.08. The average molecular weight is 286 g/mol. The Bertz CT molecular complexity index is 714. The number of aromatic carboxylic acids is 1. The zero-order valence-corrected chi connectivity index (χ0v) is 10.8. The quantitative estimate of drug-likeness (QED) is 0.847. The standard InChI is InChI=1S/C15H11FN2O3/c16-11-4-1-3-10(9-11)6-7-13(19)18-14-12(15(20)21)5-2-8-17-14/h1-9H,(H,20,21)(H,17,18,19). The van der Waals surface area contributed by atoms with E-state index in [0.717, 1.165) is 0 Å². The number of hydrogen-bond acceptors (Lipinski definition) is 3. The second-order valence-electron chi connectivity index (χ2n) is 4.08. The van der Waals surface area contributed by atoms with Crippen LogP contribution in [-0.4, -0.2) is 22.0 Å². The predicted octanol–water partition coefficient (Wildman–Crippen LogP) is 2.57. The van der Waals surface area contributed by atoms with Gasteiger partial charge in [-0.15, -0.1) is 0 Å². The minimum absolute atomic E-state index is 0.0427. The molecule has 6 heteroatoms. The number of carbonyl (C=O) groups is 2. The summed E-state index contributed by atoms with van der Waals surface area (Å²) < 4.78 is 13.0. The number of aromatic nitrogens is 1. The molecule has 0 spiro atoms. The van der Waals surface area contributed by atoms with Crippen LogP contribution < -0.4 is 5.32 Å². The molecule has 1 heterocycles. The molecule has 0 atom stereocenters. The van der Waals surface area contributed by atoms with Crippen LogP contribution in [0.15, 0.2) is 48.7 Å². The van der Waals surface area contributed by atoms with Gasteiger partial charge in [0.2, 0.25) is 5.91 Å². The van der Waals surface area contributed by atoms with Crippen molar-refractivity contribution in [2.75, 3.05) is 5.32 Å². The van der Waals surface area contributed by atoms with Gasteiger partial charge >= 0.3 is 5.97 Å². The van der Waals surface area contributed by atoms with Gasteiger partial charge in [0.15, 0.2) is 0 Å². The molecule has 1 amide bonds. The summed E-state index contributed by atoms with van der Waals surface area (Å²) in [6.45, 7) is 0. The van der Waals surface area contributed by atoms with E-state index >= 15 is 0 Å². The van der Waals surface area contributed by atoms with Crippen LogP contribution in [0.1, 0.15) is 15.9 Å². The van der Waals surface area contributed by atoms with Gasteiger partial charge in [0.05, 0.1) is 0 Å². The van der Waals surface area contributed by atoms with Crippen molar-refractivity contribution in [1.82, 2.24) is 4.98 Å². The Morgan fingerprint density at radius 1 is 1.24 bits per heavy atom. The van der Waals surface area contributed by atoms with Crippen molar-refractivity contribution in [2.45, 2.75) is 0 Å². The first-order valence-electron chi connectivity index (χ1n) is 5.99. The van der Waals surface area contributed by atoms with Crippen molar-refractivity contribution >= 4 is 23.8 Å². The number of anilines is 1. The summed E-state index contributed by atoms with van der Waals surface area (Å²) in [5, 5.41) is 11.3. The Kier molecular flexibility index (Phi) is 4.40. The van der Waals surface area contributed by atoms with Crippen LogP contribution in [0.2, 0.25) is 0 Å². The lowest BCUT2D eigenvalue weighted by molar-refractivity contribution is -0.111. The maximum absolute atomic E-state index is 13.0. The highest BCUT2D eigenvalue weighted by molar-refractivity contribution is 6.05. The molecule has 5 nitrogen and oxygen atoms in total. The van der Waals surface area contributed by atoms with Gasteiger partial charge in [0.1, 0.15) is 17.2 Å². The second kappa shape index (κ2) is 6.42. The Morgan fingerprint density at radius 3 is 2.76 bits per heavy atom. The third-order valence-corrected chi connectivity index (χ3v) is 2.56. The number of amides is 1. The number of nitrogens with zero attached hydrogens (tertiary/aromatic N) is 1. The summed E-state index contributed by atoms with van der Waals surface area (Å²) in [5.74, 6) is -2.19. The predicted molar refractivity (Wildman–Crippen MR) is 75.3 cm³/mol. The number of benzene rings is 1. The molecular weight excluding hydrogens is 275 g/mol. The first-order chi connectivity index (χ1) is 10.1. The molecular formula is C15H11FN2O3. The number of rotatable bonds is 4. The fraction of sp³-hybridized carbons (Fsp3) is 0. The number of carbonyl (C=O) groups excluding carboxylic acids is 1. The summed E-state index contributed by atoms with van der Waals surface area (Å²) in [5.41, 5.74) is 0.412. The molecule has 106 valence electrons. The lowest BCUT2D eigenvalue weighted by Gasteiger charge is -2.04. The summed E-state index contributed by atoms with van der Waals surface area (Å²) in [7, 11) is 0.